The fourth-order valence-corrected chi connectivity index (χ4v) is 1.81. The van der Waals surface area contributed by atoms with Crippen molar-refractivity contribution >= 4 is 5.69 Å². The van der Waals surface area contributed by atoms with Crippen LogP contribution in [0.5, 0.6) is 0 Å². The summed E-state index contributed by atoms with van der Waals surface area (Å²) in [5.74, 6) is 0. The molecule has 0 aromatic heterocycles. The molecule has 0 saturated carbocycles. The molecule has 0 bridgehead atoms. The molecular formula is C11H14N2O3. The van der Waals surface area contributed by atoms with Crippen molar-refractivity contribution in [2.75, 3.05) is 11.7 Å². The summed E-state index contributed by atoms with van der Waals surface area (Å²) in [6.07, 6.45) is 1.45. The Morgan fingerprint density at radius 1 is 1.31 bits per heavy atom. The highest BCUT2D eigenvalue weighted by atomic mass is 16.7. The Morgan fingerprint density at radius 3 is 2.75 bits per heavy atom. The first-order chi connectivity index (χ1) is 7.79. The average Bonchev–Trinajstić information content (AvgIpc) is 2.55. The lowest BCUT2D eigenvalue weighted by Crippen LogP contribution is -2.39. The monoisotopic (exact) mass is 222 g/mol. The van der Waals surface area contributed by atoms with Gasteiger partial charge in [-0.25, -0.2) is 0 Å². The molecule has 2 rings (SSSR count). The van der Waals surface area contributed by atoms with E-state index in [0.29, 0.717) is 13.0 Å². The van der Waals surface area contributed by atoms with Crippen LogP contribution in [-0.4, -0.2) is 17.7 Å². The van der Waals surface area contributed by atoms with E-state index in [9.17, 15) is 10.1 Å². The zero-order valence-corrected chi connectivity index (χ0v) is 8.91. The maximum atomic E-state index is 11.0. The van der Waals surface area contributed by atoms with Crippen molar-refractivity contribution in [3.05, 3.63) is 40.4 Å². The Morgan fingerprint density at radius 2 is 2.06 bits per heavy atom. The van der Waals surface area contributed by atoms with Gasteiger partial charge >= 0.3 is 6.17 Å². The van der Waals surface area contributed by atoms with Crippen LogP contribution >= 0.6 is 0 Å². The molecule has 86 valence electrons. The predicted octanol–water partition coefficient (Wildman–Crippen LogP) is 2.21. The molecule has 1 saturated heterocycles. The van der Waals surface area contributed by atoms with E-state index in [1.54, 1.807) is 0 Å². The van der Waals surface area contributed by atoms with Crippen molar-refractivity contribution < 1.29 is 9.76 Å². The minimum Gasteiger partial charge on any atom is -0.268 e. The Kier molecular flexibility index (Phi) is 3.36. The lowest BCUT2D eigenvalue weighted by molar-refractivity contribution is -0.530. The molecule has 0 spiro atoms. The highest BCUT2D eigenvalue weighted by Crippen LogP contribution is 2.23. The number of anilines is 1. The minimum absolute atomic E-state index is 0.279. The Hall–Kier alpha value is -1.62. The summed E-state index contributed by atoms with van der Waals surface area (Å²) in [6.45, 7) is 0.541. The summed E-state index contributed by atoms with van der Waals surface area (Å²) in [5, 5.41) is 12.4. The third-order valence-corrected chi connectivity index (χ3v) is 2.61. The van der Waals surface area contributed by atoms with Crippen LogP contribution in [0.2, 0.25) is 0 Å². The topological polar surface area (TPSA) is 55.6 Å². The second-order valence-corrected chi connectivity index (χ2v) is 3.76. The van der Waals surface area contributed by atoms with Gasteiger partial charge in [0, 0.05) is 11.3 Å². The van der Waals surface area contributed by atoms with Crippen LogP contribution in [0.15, 0.2) is 30.3 Å². The molecule has 5 heteroatoms. The summed E-state index contributed by atoms with van der Waals surface area (Å²) >= 11 is 0. The smallest absolute Gasteiger partial charge is 0.268 e. The van der Waals surface area contributed by atoms with E-state index in [1.165, 1.54) is 5.06 Å². The Bertz CT molecular complexity index is 356. The van der Waals surface area contributed by atoms with Crippen LogP contribution in [0, 0.1) is 10.1 Å². The van der Waals surface area contributed by atoms with Crippen molar-refractivity contribution in [2.45, 2.75) is 25.4 Å². The standard InChI is InChI=1S/C11H14N2O3/c14-13(15)11-8-4-5-9-16-12(11)10-6-2-1-3-7-10/h1-3,6-7,11H,4-5,8-9H2. The SMILES string of the molecule is O=[N+]([O-])C1CCCCON1c1ccccc1. The maximum absolute atomic E-state index is 11.0. The van der Waals surface area contributed by atoms with E-state index in [0.717, 1.165) is 18.5 Å². The maximum Gasteiger partial charge on any atom is 0.308 e. The zero-order valence-electron chi connectivity index (χ0n) is 8.91. The number of hydrogen-bond acceptors (Lipinski definition) is 4. The summed E-state index contributed by atoms with van der Waals surface area (Å²) in [5.41, 5.74) is 0.742. The summed E-state index contributed by atoms with van der Waals surface area (Å²) < 4.78 is 0. The largest absolute Gasteiger partial charge is 0.308 e. The molecule has 1 fully saturated rings. The summed E-state index contributed by atoms with van der Waals surface area (Å²) in [7, 11) is 0. The van der Waals surface area contributed by atoms with Crippen LogP contribution in [0.4, 0.5) is 5.69 Å². The van der Waals surface area contributed by atoms with Crippen molar-refractivity contribution in [1.29, 1.82) is 0 Å². The van der Waals surface area contributed by atoms with E-state index >= 15 is 0 Å². The third-order valence-electron chi connectivity index (χ3n) is 2.61. The second-order valence-electron chi connectivity index (χ2n) is 3.76. The van der Waals surface area contributed by atoms with Crippen molar-refractivity contribution in [3.63, 3.8) is 0 Å². The summed E-state index contributed by atoms with van der Waals surface area (Å²) in [6, 6.07) is 9.22. The Balaban J connectivity index is 2.24. The molecule has 1 aromatic rings. The zero-order chi connectivity index (χ0) is 11.4. The number of nitrogens with zero attached hydrogens (tertiary/aromatic N) is 2. The van der Waals surface area contributed by atoms with Gasteiger partial charge in [-0.3, -0.25) is 15.0 Å². The molecule has 0 aliphatic carbocycles. The van der Waals surface area contributed by atoms with Gasteiger partial charge in [0.1, 0.15) is 0 Å². The fraction of sp³-hybridized carbons (Fsp3) is 0.455. The van der Waals surface area contributed by atoms with Crippen LogP contribution in [-0.2, 0) is 4.84 Å². The molecule has 0 N–H and O–H groups in total. The molecule has 16 heavy (non-hydrogen) atoms. The van der Waals surface area contributed by atoms with Gasteiger partial charge in [-0.2, -0.15) is 5.06 Å². The van der Waals surface area contributed by atoms with Crippen LogP contribution in [0.3, 0.4) is 0 Å². The number of hydroxylamine groups is 1. The first-order valence-electron chi connectivity index (χ1n) is 5.40. The number of rotatable bonds is 2. The summed E-state index contributed by atoms with van der Waals surface area (Å²) in [4.78, 5) is 16.1. The fourth-order valence-electron chi connectivity index (χ4n) is 1.81. The minimum atomic E-state index is -0.773. The molecule has 1 aliphatic rings. The van der Waals surface area contributed by atoms with Crippen molar-refractivity contribution in [3.8, 4) is 0 Å². The molecule has 1 aromatic carbocycles. The second kappa shape index (κ2) is 4.94. The number of nitro groups is 1. The predicted molar refractivity (Wildman–Crippen MR) is 59.5 cm³/mol. The quantitative estimate of drug-likeness (QED) is 0.568. The van der Waals surface area contributed by atoms with Gasteiger partial charge < -0.3 is 0 Å². The molecule has 1 heterocycles. The molecular weight excluding hydrogens is 208 g/mol. The Labute approximate surface area is 93.7 Å². The van der Waals surface area contributed by atoms with Crippen LogP contribution in [0.25, 0.3) is 0 Å². The first kappa shape index (κ1) is 10.9. The molecule has 0 radical (unpaired) electrons. The molecule has 0 amide bonds. The third kappa shape index (κ3) is 2.30. The lowest BCUT2D eigenvalue weighted by Gasteiger charge is -2.23. The molecule has 1 atom stereocenters. The van der Waals surface area contributed by atoms with E-state index in [4.69, 9.17) is 4.84 Å². The van der Waals surface area contributed by atoms with E-state index in [1.807, 2.05) is 30.3 Å². The van der Waals surface area contributed by atoms with Gasteiger partial charge in [-0.05, 0) is 25.0 Å². The van der Waals surface area contributed by atoms with Gasteiger partial charge in [-0.15, -0.1) is 0 Å². The van der Waals surface area contributed by atoms with Gasteiger partial charge in [0.15, 0.2) is 0 Å². The first-order valence-corrected chi connectivity index (χ1v) is 5.40. The molecule has 1 unspecified atom stereocenters. The lowest BCUT2D eigenvalue weighted by atomic mass is 10.2. The highest BCUT2D eigenvalue weighted by Gasteiger charge is 2.31. The van der Waals surface area contributed by atoms with Crippen LogP contribution < -0.4 is 5.06 Å². The molecule has 5 nitrogen and oxygen atoms in total. The van der Waals surface area contributed by atoms with Gasteiger partial charge in [0.25, 0.3) is 0 Å². The number of benzene rings is 1. The highest BCUT2D eigenvalue weighted by molar-refractivity contribution is 5.43. The van der Waals surface area contributed by atoms with Gasteiger partial charge in [0.2, 0.25) is 0 Å². The number of hydrogen-bond donors (Lipinski definition) is 0. The van der Waals surface area contributed by atoms with E-state index in [-0.39, 0.29) is 4.92 Å². The molecule has 1 aliphatic heterocycles. The van der Waals surface area contributed by atoms with Crippen LogP contribution in [0.1, 0.15) is 19.3 Å². The number of para-hydroxylation sites is 1. The van der Waals surface area contributed by atoms with Gasteiger partial charge in [0.05, 0.1) is 12.3 Å². The van der Waals surface area contributed by atoms with Gasteiger partial charge in [-0.1, -0.05) is 18.2 Å². The van der Waals surface area contributed by atoms with Crippen molar-refractivity contribution in [1.82, 2.24) is 0 Å². The van der Waals surface area contributed by atoms with Crippen molar-refractivity contribution in [2.24, 2.45) is 0 Å². The normalized spacial score (nSPS) is 21.5. The average molecular weight is 222 g/mol. The van der Waals surface area contributed by atoms with E-state index in [2.05, 4.69) is 0 Å². The van der Waals surface area contributed by atoms with E-state index < -0.39 is 6.17 Å².